The lowest BCUT2D eigenvalue weighted by Crippen LogP contribution is -2.56. The number of fused-ring (bicyclic) bond motifs is 2. The molecule has 2 aliphatic heterocycles. The molecule has 4 nitrogen and oxygen atoms in total. The molecule has 1 atom stereocenters. The number of aromatic amines is 1. The number of aromatic nitrogens is 1. The number of carbonyl (C=O) groups excluding carboxylic acids is 1. The monoisotopic (exact) mass is 301 g/mol. The SMILES string of the molecule is O=C(c1cc2c(F)cccc2[nH]1)N1CCN2CCCC[C@H]2C1. The quantitative estimate of drug-likeness (QED) is 0.879. The largest absolute Gasteiger partial charge is 0.350 e. The standard InChI is InChI=1S/C17H20FN3O/c18-14-5-3-6-15-13(14)10-16(19-15)17(22)21-9-8-20-7-2-1-4-12(20)11-21/h3,5-6,10,12,19H,1-2,4,7-9,11H2/t12-/m0/s1. The second kappa shape index (κ2) is 5.39. The number of nitrogens with zero attached hydrogens (tertiary/aromatic N) is 2. The highest BCUT2D eigenvalue weighted by Gasteiger charge is 2.31. The highest BCUT2D eigenvalue weighted by molar-refractivity contribution is 5.98. The van der Waals surface area contributed by atoms with E-state index in [0.717, 1.165) is 26.2 Å². The summed E-state index contributed by atoms with van der Waals surface area (Å²) in [5.41, 5.74) is 1.17. The molecular formula is C17H20FN3O. The fourth-order valence-corrected chi connectivity index (χ4v) is 3.74. The molecule has 2 aliphatic rings. The zero-order chi connectivity index (χ0) is 15.1. The fraction of sp³-hybridized carbons (Fsp3) is 0.471. The molecule has 0 unspecified atom stereocenters. The van der Waals surface area contributed by atoms with Crippen LogP contribution >= 0.6 is 0 Å². The molecule has 22 heavy (non-hydrogen) atoms. The summed E-state index contributed by atoms with van der Waals surface area (Å²) in [6, 6.07) is 7.01. The third kappa shape index (κ3) is 2.29. The second-order valence-corrected chi connectivity index (χ2v) is 6.32. The summed E-state index contributed by atoms with van der Waals surface area (Å²) in [5, 5.41) is 0.488. The Bertz CT molecular complexity index is 711. The van der Waals surface area contributed by atoms with Crippen molar-refractivity contribution in [2.24, 2.45) is 0 Å². The number of carbonyl (C=O) groups is 1. The van der Waals surface area contributed by atoms with E-state index < -0.39 is 0 Å². The van der Waals surface area contributed by atoms with Crippen LogP contribution < -0.4 is 0 Å². The minimum Gasteiger partial charge on any atom is -0.350 e. The molecule has 2 saturated heterocycles. The zero-order valence-corrected chi connectivity index (χ0v) is 12.5. The van der Waals surface area contributed by atoms with Gasteiger partial charge in [0.25, 0.3) is 5.91 Å². The van der Waals surface area contributed by atoms with Crippen molar-refractivity contribution in [1.82, 2.24) is 14.8 Å². The Morgan fingerprint density at radius 2 is 2.14 bits per heavy atom. The summed E-state index contributed by atoms with van der Waals surface area (Å²) in [4.78, 5) is 20.2. The number of amides is 1. The fourth-order valence-electron chi connectivity index (χ4n) is 3.74. The van der Waals surface area contributed by atoms with Crippen molar-refractivity contribution in [2.75, 3.05) is 26.2 Å². The van der Waals surface area contributed by atoms with Gasteiger partial charge in [-0.2, -0.15) is 0 Å². The van der Waals surface area contributed by atoms with Crippen LogP contribution in [0.15, 0.2) is 24.3 Å². The Hall–Kier alpha value is -1.88. The van der Waals surface area contributed by atoms with Crippen LogP contribution in [0.25, 0.3) is 10.9 Å². The van der Waals surface area contributed by atoms with Gasteiger partial charge in [0.15, 0.2) is 0 Å². The number of piperidine rings is 1. The van der Waals surface area contributed by atoms with Crippen LogP contribution in [0.4, 0.5) is 4.39 Å². The summed E-state index contributed by atoms with van der Waals surface area (Å²) in [6.07, 6.45) is 3.69. The molecule has 1 N–H and O–H groups in total. The summed E-state index contributed by atoms with van der Waals surface area (Å²) in [6.45, 7) is 3.65. The highest BCUT2D eigenvalue weighted by atomic mass is 19.1. The molecule has 0 saturated carbocycles. The number of halogens is 1. The molecule has 1 aromatic carbocycles. The number of hydrogen-bond acceptors (Lipinski definition) is 2. The lowest BCUT2D eigenvalue weighted by molar-refractivity contribution is 0.0369. The number of piperazine rings is 1. The molecule has 4 rings (SSSR count). The first kappa shape index (κ1) is 13.8. The third-order valence-electron chi connectivity index (χ3n) is 4.97. The average molecular weight is 301 g/mol. The van der Waals surface area contributed by atoms with Crippen LogP contribution in [-0.4, -0.2) is 52.9 Å². The van der Waals surface area contributed by atoms with Crippen LogP contribution in [0, 0.1) is 5.82 Å². The molecule has 3 heterocycles. The van der Waals surface area contributed by atoms with E-state index in [-0.39, 0.29) is 11.7 Å². The smallest absolute Gasteiger partial charge is 0.270 e. The van der Waals surface area contributed by atoms with E-state index >= 15 is 0 Å². The molecule has 116 valence electrons. The van der Waals surface area contributed by atoms with Crippen molar-refractivity contribution in [3.8, 4) is 0 Å². The first-order valence-electron chi connectivity index (χ1n) is 8.03. The van der Waals surface area contributed by atoms with E-state index in [1.807, 2.05) is 4.90 Å². The van der Waals surface area contributed by atoms with Crippen molar-refractivity contribution in [3.05, 3.63) is 35.8 Å². The Morgan fingerprint density at radius 1 is 1.23 bits per heavy atom. The Labute approximate surface area is 128 Å². The maximum absolute atomic E-state index is 13.8. The van der Waals surface area contributed by atoms with Crippen molar-refractivity contribution >= 4 is 16.8 Å². The van der Waals surface area contributed by atoms with Gasteiger partial charge in [-0.3, -0.25) is 9.69 Å². The van der Waals surface area contributed by atoms with Gasteiger partial charge in [-0.05, 0) is 37.6 Å². The predicted octanol–water partition coefficient (Wildman–Crippen LogP) is 2.62. The number of rotatable bonds is 1. The molecule has 1 amide bonds. The molecule has 0 aliphatic carbocycles. The van der Waals surface area contributed by atoms with E-state index in [9.17, 15) is 9.18 Å². The normalized spacial score (nSPS) is 22.8. The number of hydrogen-bond donors (Lipinski definition) is 1. The molecule has 0 spiro atoms. The number of nitrogens with one attached hydrogen (secondary N) is 1. The van der Waals surface area contributed by atoms with Gasteiger partial charge in [0.05, 0.1) is 0 Å². The van der Waals surface area contributed by atoms with Crippen LogP contribution in [0.5, 0.6) is 0 Å². The molecule has 1 aromatic heterocycles. The summed E-state index contributed by atoms with van der Waals surface area (Å²) >= 11 is 0. The molecule has 2 aromatic rings. The van der Waals surface area contributed by atoms with Gasteiger partial charge < -0.3 is 9.88 Å². The molecule has 2 fully saturated rings. The highest BCUT2D eigenvalue weighted by Crippen LogP contribution is 2.24. The number of benzene rings is 1. The van der Waals surface area contributed by atoms with Gasteiger partial charge in [-0.15, -0.1) is 0 Å². The maximum Gasteiger partial charge on any atom is 0.270 e. The van der Waals surface area contributed by atoms with Gasteiger partial charge in [-0.25, -0.2) is 4.39 Å². The van der Waals surface area contributed by atoms with Gasteiger partial charge in [0, 0.05) is 36.6 Å². The summed E-state index contributed by atoms with van der Waals surface area (Å²) in [5.74, 6) is -0.300. The van der Waals surface area contributed by atoms with E-state index in [1.54, 1.807) is 18.2 Å². The minimum atomic E-state index is -0.287. The average Bonchev–Trinajstić information content (AvgIpc) is 2.99. The maximum atomic E-state index is 13.8. The Morgan fingerprint density at radius 3 is 3.00 bits per heavy atom. The number of H-pyrrole nitrogens is 1. The van der Waals surface area contributed by atoms with Gasteiger partial charge in [-0.1, -0.05) is 12.5 Å². The predicted molar refractivity (Wildman–Crippen MR) is 83.4 cm³/mol. The van der Waals surface area contributed by atoms with Crippen molar-refractivity contribution in [1.29, 1.82) is 0 Å². The van der Waals surface area contributed by atoms with Crippen molar-refractivity contribution in [2.45, 2.75) is 25.3 Å². The van der Waals surface area contributed by atoms with Crippen molar-refractivity contribution < 1.29 is 9.18 Å². The van der Waals surface area contributed by atoms with Crippen LogP contribution in [0.2, 0.25) is 0 Å². The second-order valence-electron chi connectivity index (χ2n) is 6.32. The van der Waals surface area contributed by atoms with E-state index in [2.05, 4.69) is 9.88 Å². The van der Waals surface area contributed by atoms with E-state index in [4.69, 9.17) is 0 Å². The summed E-state index contributed by atoms with van der Waals surface area (Å²) in [7, 11) is 0. The lowest BCUT2D eigenvalue weighted by atomic mass is 9.99. The molecular weight excluding hydrogens is 281 g/mol. The van der Waals surface area contributed by atoms with Crippen LogP contribution in [0.3, 0.4) is 0 Å². The van der Waals surface area contributed by atoms with Crippen LogP contribution in [0.1, 0.15) is 29.8 Å². The zero-order valence-electron chi connectivity index (χ0n) is 12.5. The van der Waals surface area contributed by atoms with E-state index in [0.29, 0.717) is 22.6 Å². The van der Waals surface area contributed by atoms with Gasteiger partial charge in [0.2, 0.25) is 0 Å². The first-order valence-corrected chi connectivity index (χ1v) is 8.03. The Balaban J connectivity index is 1.56. The molecule has 0 bridgehead atoms. The summed E-state index contributed by atoms with van der Waals surface area (Å²) < 4.78 is 13.8. The molecule has 5 heteroatoms. The van der Waals surface area contributed by atoms with Gasteiger partial charge in [0.1, 0.15) is 11.5 Å². The Kier molecular flexibility index (Phi) is 3.37. The minimum absolute atomic E-state index is 0.0131. The van der Waals surface area contributed by atoms with Crippen LogP contribution in [-0.2, 0) is 0 Å². The lowest BCUT2D eigenvalue weighted by Gasteiger charge is -2.43. The topological polar surface area (TPSA) is 39.3 Å². The van der Waals surface area contributed by atoms with E-state index in [1.165, 1.54) is 25.3 Å². The first-order chi connectivity index (χ1) is 10.7. The van der Waals surface area contributed by atoms with Gasteiger partial charge >= 0.3 is 0 Å². The molecule has 0 radical (unpaired) electrons. The third-order valence-corrected chi connectivity index (χ3v) is 4.97. The van der Waals surface area contributed by atoms with Crippen molar-refractivity contribution in [3.63, 3.8) is 0 Å².